The average molecular weight is 440 g/mol. The Morgan fingerprint density at radius 1 is 1.38 bits per heavy atom. The Morgan fingerprint density at radius 2 is 2.15 bits per heavy atom. The van der Waals surface area contributed by atoms with Gasteiger partial charge in [0.25, 0.3) is 0 Å². The van der Waals surface area contributed by atoms with Crippen LogP contribution in [0.5, 0.6) is 0 Å². The minimum atomic E-state index is -0.0512. The summed E-state index contributed by atoms with van der Waals surface area (Å²) < 4.78 is 11.4. The maximum Gasteiger partial charge on any atom is 0.224 e. The lowest BCUT2D eigenvalue weighted by Gasteiger charge is -2.08. The Bertz CT molecular complexity index is 827. The molecule has 26 heavy (non-hydrogen) atoms. The first-order valence-electron chi connectivity index (χ1n) is 7.54. The monoisotopic (exact) mass is 438 g/mol. The minimum Gasteiger partial charge on any atom is -0.467 e. The predicted octanol–water partition coefficient (Wildman–Crippen LogP) is 4.22. The molecular weight excluding hydrogens is 419 g/mol. The van der Waals surface area contributed by atoms with E-state index in [4.69, 9.17) is 26.5 Å². The van der Waals surface area contributed by atoms with Crippen LogP contribution in [0.3, 0.4) is 0 Å². The van der Waals surface area contributed by atoms with Crippen LogP contribution in [0.1, 0.15) is 16.2 Å². The zero-order valence-corrected chi connectivity index (χ0v) is 17.5. The zero-order chi connectivity index (χ0) is 17.1. The van der Waals surface area contributed by atoms with Crippen molar-refractivity contribution in [2.45, 2.75) is 25.9 Å². The molecular formula is C16H21Cl3N4O2S. The Hall–Kier alpha value is -1.09. The molecule has 3 N–H and O–H groups in total. The van der Waals surface area contributed by atoms with Crippen LogP contribution < -0.4 is 11.1 Å². The molecule has 0 aromatic carbocycles. The van der Waals surface area contributed by atoms with Gasteiger partial charge in [-0.1, -0.05) is 0 Å². The summed E-state index contributed by atoms with van der Waals surface area (Å²) in [4.78, 5) is 9.88. The second-order valence-corrected chi connectivity index (χ2v) is 6.96. The summed E-state index contributed by atoms with van der Waals surface area (Å²) in [5.74, 6) is 1.54. The standard InChI is InChI=1S/C16H19ClN4O2S.2ClH/c1-9-12(6-10(18)8-22-2)24-14-13(9)20-16(17)21-15(14)19-7-11-4-3-5-23-11;;/h3-5,10H,6-8,18H2,1-2H3,(H,19,20,21);2*1H. The van der Waals surface area contributed by atoms with Gasteiger partial charge in [-0.15, -0.1) is 36.2 Å². The number of aromatic nitrogens is 2. The average Bonchev–Trinajstić information content (AvgIpc) is 3.15. The number of furan rings is 1. The number of ether oxygens (including phenoxy) is 1. The molecule has 0 fully saturated rings. The highest BCUT2D eigenvalue weighted by Crippen LogP contribution is 2.35. The number of aryl methyl sites for hydroxylation is 1. The Kier molecular flexibility index (Phi) is 9.09. The van der Waals surface area contributed by atoms with E-state index in [0.717, 1.165) is 28.0 Å². The van der Waals surface area contributed by atoms with Gasteiger partial charge in [0.15, 0.2) is 0 Å². The molecule has 1 atom stereocenters. The van der Waals surface area contributed by atoms with E-state index in [9.17, 15) is 0 Å². The third kappa shape index (κ3) is 5.22. The van der Waals surface area contributed by atoms with Gasteiger partial charge < -0.3 is 20.2 Å². The van der Waals surface area contributed by atoms with Gasteiger partial charge in [0.05, 0.1) is 29.6 Å². The molecule has 144 valence electrons. The summed E-state index contributed by atoms with van der Waals surface area (Å²) in [7, 11) is 1.65. The lowest BCUT2D eigenvalue weighted by Crippen LogP contribution is -2.27. The third-order valence-corrected chi connectivity index (χ3v) is 5.15. The van der Waals surface area contributed by atoms with Crippen LogP contribution in [-0.2, 0) is 17.7 Å². The van der Waals surface area contributed by atoms with Crippen molar-refractivity contribution in [3.05, 3.63) is 39.9 Å². The van der Waals surface area contributed by atoms with E-state index in [-0.39, 0.29) is 36.1 Å². The van der Waals surface area contributed by atoms with Gasteiger partial charge in [-0.2, -0.15) is 4.98 Å². The molecule has 3 rings (SSSR count). The molecule has 0 saturated carbocycles. The first kappa shape index (κ1) is 23.0. The largest absolute Gasteiger partial charge is 0.467 e. The van der Waals surface area contributed by atoms with E-state index in [0.29, 0.717) is 19.0 Å². The molecule has 0 bridgehead atoms. The Labute approximate surface area is 173 Å². The van der Waals surface area contributed by atoms with Gasteiger partial charge in [-0.3, -0.25) is 0 Å². The molecule has 0 aliphatic heterocycles. The highest BCUT2D eigenvalue weighted by atomic mass is 35.5. The number of hydrogen-bond donors (Lipinski definition) is 2. The molecule has 3 aromatic rings. The molecule has 0 amide bonds. The number of thiophene rings is 1. The number of halogens is 3. The number of anilines is 1. The molecule has 0 radical (unpaired) electrons. The van der Waals surface area contributed by atoms with Crippen LogP contribution in [0.25, 0.3) is 10.2 Å². The summed E-state index contributed by atoms with van der Waals surface area (Å²) in [6.07, 6.45) is 2.38. The summed E-state index contributed by atoms with van der Waals surface area (Å²) in [6.45, 7) is 3.09. The van der Waals surface area contributed by atoms with Crippen molar-refractivity contribution in [1.82, 2.24) is 9.97 Å². The van der Waals surface area contributed by atoms with Crippen LogP contribution in [0.15, 0.2) is 22.8 Å². The minimum absolute atomic E-state index is 0. The lowest BCUT2D eigenvalue weighted by molar-refractivity contribution is 0.180. The van der Waals surface area contributed by atoms with Crippen molar-refractivity contribution in [3.63, 3.8) is 0 Å². The summed E-state index contributed by atoms with van der Waals surface area (Å²) in [5, 5.41) is 3.50. The SMILES string of the molecule is COCC(N)Cc1sc2c(NCc3ccco3)nc(Cl)nc2c1C.Cl.Cl. The van der Waals surface area contributed by atoms with Crippen LogP contribution >= 0.6 is 47.8 Å². The fourth-order valence-corrected chi connectivity index (χ4v) is 3.99. The number of nitrogens with one attached hydrogen (secondary N) is 1. The third-order valence-electron chi connectivity index (χ3n) is 3.68. The smallest absolute Gasteiger partial charge is 0.224 e. The summed E-state index contributed by atoms with van der Waals surface area (Å²) >= 11 is 7.73. The quantitative estimate of drug-likeness (QED) is 0.536. The van der Waals surface area contributed by atoms with Gasteiger partial charge >= 0.3 is 0 Å². The topological polar surface area (TPSA) is 86.2 Å². The number of hydrogen-bond acceptors (Lipinski definition) is 7. The highest BCUT2D eigenvalue weighted by molar-refractivity contribution is 7.19. The van der Waals surface area contributed by atoms with Gasteiger partial charge in [-0.05, 0) is 42.6 Å². The Balaban J connectivity index is 0.00000169. The number of fused-ring (bicyclic) bond motifs is 1. The second-order valence-electron chi connectivity index (χ2n) is 5.52. The van der Waals surface area contributed by atoms with E-state index in [1.54, 1.807) is 24.7 Å². The number of rotatable bonds is 7. The van der Waals surface area contributed by atoms with Crippen molar-refractivity contribution >= 4 is 63.8 Å². The normalized spacial score (nSPS) is 11.7. The number of nitrogens with two attached hydrogens (primary N) is 1. The molecule has 10 heteroatoms. The molecule has 0 aliphatic rings. The molecule has 6 nitrogen and oxygen atoms in total. The number of methoxy groups -OCH3 is 1. The molecule has 0 aliphatic carbocycles. The Morgan fingerprint density at radius 3 is 2.81 bits per heavy atom. The molecule has 0 spiro atoms. The summed E-state index contributed by atoms with van der Waals surface area (Å²) in [5.41, 5.74) is 8.04. The molecule has 3 heterocycles. The van der Waals surface area contributed by atoms with Crippen LogP contribution in [0, 0.1) is 6.92 Å². The van der Waals surface area contributed by atoms with Crippen molar-refractivity contribution in [2.24, 2.45) is 5.73 Å². The van der Waals surface area contributed by atoms with Crippen molar-refractivity contribution in [3.8, 4) is 0 Å². The first-order chi connectivity index (χ1) is 11.6. The highest BCUT2D eigenvalue weighted by Gasteiger charge is 2.17. The second kappa shape index (κ2) is 10.3. The van der Waals surface area contributed by atoms with Crippen LogP contribution in [-0.4, -0.2) is 29.7 Å². The maximum absolute atomic E-state index is 6.10. The van der Waals surface area contributed by atoms with Gasteiger partial charge in [0.2, 0.25) is 5.28 Å². The van der Waals surface area contributed by atoms with Gasteiger partial charge in [-0.25, -0.2) is 4.98 Å². The predicted molar refractivity (Wildman–Crippen MR) is 111 cm³/mol. The van der Waals surface area contributed by atoms with E-state index in [2.05, 4.69) is 15.3 Å². The van der Waals surface area contributed by atoms with Crippen LogP contribution in [0.4, 0.5) is 5.82 Å². The number of nitrogens with zero attached hydrogens (tertiary/aromatic N) is 2. The first-order valence-corrected chi connectivity index (χ1v) is 8.74. The van der Waals surface area contributed by atoms with E-state index in [1.165, 1.54) is 4.88 Å². The van der Waals surface area contributed by atoms with E-state index < -0.39 is 0 Å². The van der Waals surface area contributed by atoms with E-state index in [1.807, 2.05) is 19.1 Å². The zero-order valence-electron chi connectivity index (χ0n) is 14.3. The van der Waals surface area contributed by atoms with Crippen LogP contribution in [0.2, 0.25) is 5.28 Å². The van der Waals surface area contributed by atoms with E-state index >= 15 is 0 Å². The van der Waals surface area contributed by atoms with Crippen molar-refractivity contribution in [2.75, 3.05) is 19.0 Å². The van der Waals surface area contributed by atoms with Gasteiger partial charge in [0, 0.05) is 18.0 Å². The van der Waals surface area contributed by atoms with Crippen molar-refractivity contribution in [1.29, 1.82) is 0 Å². The molecule has 0 saturated heterocycles. The summed E-state index contributed by atoms with van der Waals surface area (Å²) in [6, 6.07) is 3.70. The van der Waals surface area contributed by atoms with Gasteiger partial charge in [0.1, 0.15) is 11.6 Å². The fraction of sp³-hybridized carbons (Fsp3) is 0.375. The molecule has 1 unspecified atom stereocenters. The lowest BCUT2D eigenvalue weighted by atomic mass is 10.1. The maximum atomic E-state index is 6.10. The van der Waals surface area contributed by atoms with Crippen molar-refractivity contribution < 1.29 is 9.15 Å². The molecule has 3 aromatic heterocycles. The fourth-order valence-electron chi connectivity index (χ4n) is 2.52.